The fourth-order valence-corrected chi connectivity index (χ4v) is 3.38. The van der Waals surface area contributed by atoms with E-state index in [2.05, 4.69) is 48.2 Å². The number of rotatable bonds is 0. The van der Waals surface area contributed by atoms with Crippen LogP contribution >= 0.6 is 0 Å². The van der Waals surface area contributed by atoms with Gasteiger partial charge >= 0.3 is 0 Å². The summed E-state index contributed by atoms with van der Waals surface area (Å²) in [6, 6.07) is 8.96. The SMILES string of the molecule is CN1Cc2ccccc2C2(C1)CN(C)C2. The molecule has 1 aromatic rings. The number of nitrogens with zero attached hydrogens (tertiary/aromatic N) is 2. The molecule has 1 spiro atoms. The van der Waals surface area contributed by atoms with E-state index in [0.29, 0.717) is 5.41 Å². The minimum absolute atomic E-state index is 0.429. The smallest absolute Gasteiger partial charge is 0.0337 e. The average Bonchev–Trinajstić information content (AvgIpc) is 2.15. The molecule has 0 radical (unpaired) electrons. The summed E-state index contributed by atoms with van der Waals surface area (Å²) in [7, 11) is 4.44. The first-order chi connectivity index (χ1) is 7.20. The molecule has 3 rings (SSSR count). The van der Waals surface area contributed by atoms with E-state index in [1.54, 1.807) is 5.56 Å². The van der Waals surface area contributed by atoms with Crippen molar-refractivity contribution in [3.63, 3.8) is 0 Å². The Bertz CT molecular complexity index is 380. The van der Waals surface area contributed by atoms with Crippen LogP contribution in [0.3, 0.4) is 0 Å². The van der Waals surface area contributed by atoms with Crippen molar-refractivity contribution in [2.75, 3.05) is 33.7 Å². The van der Waals surface area contributed by atoms with Crippen LogP contribution in [-0.4, -0.2) is 43.5 Å². The van der Waals surface area contributed by atoms with Crippen LogP contribution in [0.4, 0.5) is 0 Å². The molecule has 0 amide bonds. The Labute approximate surface area is 91.5 Å². The quantitative estimate of drug-likeness (QED) is 0.626. The van der Waals surface area contributed by atoms with E-state index in [1.807, 2.05) is 0 Å². The number of fused-ring (bicyclic) bond motifs is 2. The first kappa shape index (κ1) is 9.37. The molecule has 0 N–H and O–H groups in total. The molecule has 2 heterocycles. The van der Waals surface area contributed by atoms with Gasteiger partial charge in [-0.15, -0.1) is 0 Å². The summed E-state index contributed by atoms with van der Waals surface area (Å²) >= 11 is 0. The van der Waals surface area contributed by atoms with Crippen molar-refractivity contribution in [3.05, 3.63) is 35.4 Å². The highest BCUT2D eigenvalue weighted by Crippen LogP contribution is 2.39. The number of benzene rings is 1. The lowest BCUT2D eigenvalue weighted by molar-refractivity contribution is 0.0484. The lowest BCUT2D eigenvalue weighted by Crippen LogP contribution is -2.63. The molecule has 2 aliphatic rings. The Kier molecular flexibility index (Phi) is 1.91. The van der Waals surface area contributed by atoms with E-state index in [-0.39, 0.29) is 0 Å². The molecule has 0 aliphatic carbocycles. The van der Waals surface area contributed by atoms with Crippen LogP contribution in [0.2, 0.25) is 0 Å². The van der Waals surface area contributed by atoms with Crippen molar-refractivity contribution in [2.24, 2.45) is 0 Å². The van der Waals surface area contributed by atoms with Gasteiger partial charge in [0.25, 0.3) is 0 Å². The molecule has 0 saturated carbocycles. The Balaban J connectivity index is 2.04. The first-order valence-electron chi connectivity index (χ1n) is 5.65. The van der Waals surface area contributed by atoms with Crippen LogP contribution in [-0.2, 0) is 12.0 Å². The van der Waals surface area contributed by atoms with E-state index in [0.717, 1.165) is 6.54 Å². The fourth-order valence-electron chi connectivity index (χ4n) is 3.38. The molecule has 0 bridgehead atoms. The molecule has 0 atom stereocenters. The third kappa shape index (κ3) is 1.32. The Morgan fingerprint density at radius 3 is 2.40 bits per heavy atom. The van der Waals surface area contributed by atoms with Crippen molar-refractivity contribution in [1.29, 1.82) is 0 Å². The molecule has 0 aromatic heterocycles. The number of likely N-dealkylation sites (N-methyl/N-ethyl adjacent to an activating group) is 2. The van der Waals surface area contributed by atoms with E-state index in [1.165, 1.54) is 25.2 Å². The molecule has 2 aliphatic heterocycles. The number of hydrogen-bond acceptors (Lipinski definition) is 2. The average molecular weight is 202 g/mol. The van der Waals surface area contributed by atoms with Crippen LogP contribution in [0.15, 0.2) is 24.3 Å². The van der Waals surface area contributed by atoms with Gasteiger partial charge in [-0.25, -0.2) is 0 Å². The van der Waals surface area contributed by atoms with Gasteiger partial charge in [-0.05, 0) is 25.2 Å². The zero-order chi connectivity index (χ0) is 10.5. The summed E-state index contributed by atoms with van der Waals surface area (Å²) in [6.07, 6.45) is 0. The molecule has 0 unspecified atom stereocenters. The first-order valence-corrected chi connectivity index (χ1v) is 5.65. The van der Waals surface area contributed by atoms with Gasteiger partial charge in [-0.3, -0.25) is 0 Å². The molecule has 1 fully saturated rings. The summed E-state index contributed by atoms with van der Waals surface area (Å²) in [5.41, 5.74) is 3.55. The highest BCUT2D eigenvalue weighted by atomic mass is 15.2. The zero-order valence-corrected chi connectivity index (χ0v) is 9.53. The standard InChI is InChI=1S/C13H18N2/c1-14-7-11-5-3-4-6-12(11)13(8-14)9-15(2)10-13/h3-6H,7-10H2,1-2H3. The van der Waals surface area contributed by atoms with Crippen LogP contribution in [0.1, 0.15) is 11.1 Å². The monoisotopic (exact) mass is 202 g/mol. The lowest BCUT2D eigenvalue weighted by Gasteiger charge is -2.53. The van der Waals surface area contributed by atoms with Gasteiger partial charge in [0.1, 0.15) is 0 Å². The van der Waals surface area contributed by atoms with Crippen LogP contribution in [0.25, 0.3) is 0 Å². The maximum Gasteiger partial charge on any atom is 0.0337 e. The molecule has 15 heavy (non-hydrogen) atoms. The Hall–Kier alpha value is -0.860. The van der Waals surface area contributed by atoms with Gasteiger partial charge in [-0.2, -0.15) is 0 Å². The summed E-state index contributed by atoms with van der Waals surface area (Å²) < 4.78 is 0. The minimum atomic E-state index is 0.429. The predicted octanol–water partition coefficient (Wildman–Crippen LogP) is 1.32. The maximum absolute atomic E-state index is 2.45. The fraction of sp³-hybridized carbons (Fsp3) is 0.538. The second-order valence-electron chi connectivity index (χ2n) is 5.28. The Morgan fingerprint density at radius 1 is 1.00 bits per heavy atom. The molecule has 80 valence electrons. The van der Waals surface area contributed by atoms with Crippen molar-refractivity contribution >= 4 is 0 Å². The van der Waals surface area contributed by atoms with Crippen LogP contribution in [0.5, 0.6) is 0 Å². The van der Waals surface area contributed by atoms with E-state index in [9.17, 15) is 0 Å². The van der Waals surface area contributed by atoms with E-state index in [4.69, 9.17) is 0 Å². The van der Waals surface area contributed by atoms with Crippen molar-refractivity contribution in [3.8, 4) is 0 Å². The normalized spacial score (nSPS) is 24.9. The lowest BCUT2D eigenvalue weighted by atomic mass is 9.70. The second-order valence-corrected chi connectivity index (χ2v) is 5.28. The summed E-state index contributed by atoms with van der Waals surface area (Å²) in [5.74, 6) is 0. The van der Waals surface area contributed by atoms with Gasteiger partial charge in [0.15, 0.2) is 0 Å². The summed E-state index contributed by atoms with van der Waals surface area (Å²) in [5, 5.41) is 0. The summed E-state index contributed by atoms with van der Waals surface area (Å²) in [6.45, 7) is 4.76. The third-order valence-corrected chi connectivity index (χ3v) is 3.75. The van der Waals surface area contributed by atoms with E-state index < -0.39 is 0 Å². The van der Waals surface area contributed by atoms with Gasteiger partial charge < -0.3 is 9.80 Å². The largest absolute Gasteiger partial charge is 0.304 e. The number of likely N-dealkylation sites (tertiary alicyclic amines) is 1. The molecule has 1 aromatic carbocycles. The van der Waals surface area contributed by atoms with Crippen molar-refractivity contribution in [1.82, 2.24) is 9.80 Å². The number of hydrogen-bond donors (Lipinski definition) is 0. The van der Waals surface area contributed by atoms with Crippen LogP contribution < -0.4 is 0 Å². The topological polar surface area (TPSA) is 6.48 Å². The van der Waals surface area contributed by atoms with Gasteiger partial charge in [0.05, 0.1) is 0 Å². The molecule has 1 saturated heterocycles. The van der Waals surface area contributed by atoms with Gasteiger partial charge in [0, 0.05) is 31.6 Å². The predicted molar refractivity (Wildman–Crippen MR) is 62.0 cm³/mol. The molecule has 2 nitrogen and oxygen atoms in total. The van der Waals surface area contributed by atoms with Gasteiger partial charge in [0.2, 0.25) is 0 Å². The highest BCUT2D eigenvalue weighted by molar-refractivity contribution is 5.40. The molecular weight excluding hydrogens is 184 g/mol. The van der Waals surface area contributed by atoms with Crippen LogP contribution in [0, 0.1) is 0 Å². The minimum Gasteiger partial charge on any atom is -0.304 e. The highest BCUT2D eigenvalue weighted by Gasteiger charge is 2.46. The zero-order valence-electron chi connectivity index (χ0n) is 9.53. The van der Waals surface area contributed by atoms with Crippen molar-refractivity contribution < 1.29 is 0 Å². The second kappa shape index (κ2) is 3.06. The maximum atomic E-state index is 2.45. The Morgan fingerprint density at radius 2 is 1.67 bits per heavy atom. The molecule has 2 heteroatoms. The molecular formula is C13H18N2. The van der Waals surface area contributed by atoms with Gasteiger partial charge in [-0.1, -0.05) is 24.3 Å². The van der Waals surface area contributed by atoms with E-state index >= 15 is 0 Å². The summed E-state index contributed by atoms with van der Waals surface area (Å²) in [4.78, 5) is 4.87. The van der Waals surface area contributed by atoms with Crippen molar-refractivity contribution in [2.45, 2.75) is 12.0 Å². The third-order valence-electron chi connectivity index (χ3n) is 3.75.